The maximum atomic E-state index is 13.2. The Hall–Kier alpha value is -1.89. The fraction of sp³-hybridized carbons (Fsp3) is 0.333. The number of hydrogen-bond acceptors (Lipinski definition) is 4. The number of rotatable bonds is 3. The maximum Gasteiger partial charge on any atom is 0.171 e. The van der Waals surface area contributed by atoms with Crippen molar-refractivity contribution in [1.82, 2.24) is 0 Å². The standard InChI is InChI=1S/C21H21IO4/c1-5-12-6-7-14-16(23)8-11(2)20(25)21(14,3)18(12)13-9-15(22)19(24)17(10-13)26-4/h5-6,8-10,14,18,24H,1,7H2,2-4H3. The molecule has 3 unspecified atom stereocenters. The number of benzene rings is 1. The number of hydrogen-bond donors (Lipinski definition) is 1. The maximum absolute atomic E-state index is 13.2. The van der Waals surface area contributed by atoms with Gasteiger partial charge in [-0.1, -0.05) is 25.7 Å². The van der Waals surface area contributed by atoms with E-state index in [4.69, 9.17) is 4.74 Å². The summed E-state index contributed by atoms with van der Waals surface area (Å²) >= 11 is 2.04. The van der Waals surface area contributed by atoms with Crippen LogP contribution in [-0.4, -0.2) is 23.8 Å². The van der Waals surface area contributed by atoms with Crippen molar-refractivity contribution in [1.29, 1.82) is 0 Å². The molecule has 136 valence electrons. The van der Waals surface area contributed by atoms with Gasteiger partial charge in [0.25, 0.3) is 0 Å². The van der Waals surface area contributed by atoms with E-state index < -0.39 is 11.3 Å². The van der Waals surface area contributed by atoms with Gasteiger partial charge in [-0.15, -0.1) is 0 Å². The minimum absolute atomic E-state index is 0.00518. The van der Waals surface area contributed by atoms with Crippen molar-refractivity contribution in [2.75, 3.05) is 7.11 Å². The molecule has 0 aliphatic heterocycles. The van der Waals surface area contributed by atoms with Gasteiger partial charge < -0.3 is 9.84 Å². The number of allylic oxidation sites excluding steroid dienone is 5. The van der Waals surface area contributed by atoms with Crippen molar-refractivity contribution in [2.45, 2.75) is 26.2 Å². The van der Waals surface area contributed by atoms with Gasteiger partial charge in [-0.2, -0.15) is 0 Å². The lowest BCUT2D eigenvalue weighted by Gasteiger charge is -2.47. The second-order valence-corrected chi connectivity index (χ2v) is 8.19. The molecule has 0 aromatic heterocycles. The molecule has 5 heteroatoms. The summed E-state index contributed by atoms with van der Waals surface area (Å²) in [4.78, 5) is 25.9. The minimum atomic E-state index is -0.890. The fourth-order valence-corrected chi connectivity index (χ4v) is 4.95. The van der Waals surface area contributed by atoms with Crippen molar-refractivity contribution >= 4 is 34.2 Å². The Kier molecular flexibility index (Phi) is 4.86. The molecule has 3 atom stereocenters. The average molecular weight is 464 g/mol. The van der Waals surface area contributed by atoms with Gasteiger partial charge in [0, 0.05) is 11.8 Å². The predicted molar refractivity (Wildman–Crippen MR) is 108 cm³/mol. The predicted octanol–water partition coefficient (Wildman–Crippen LogP) is 4.33. The van der Waals surface area contributed by atoms with Gasteiger partial charge in [-0.3, -0.25) is 9.59 Å². The molecule has 4 nitrogen and oxygen atoms in total. The van der Waals surface area contributed by atoms with Gasteiger partial charge in [0.2, 0.25) is 0 Å². The SMILES string of the molecule is C=CC1=CCC2C(=O)C=C(C)C(=O)C2(C)C1c1cc(I)c(O)c(OC)c1. The lowest BCUT2D eigenvalue weighted by atomic mass is 9.53. The highest BCUT2D eigenvalue weighted by Gasteiger charge is 2.55. The molecule has 1 N–H and O–H groups in total. The van der Waals surface area contributed by atoms with Gasteiger partial charge in [-0.05, 0) is 70.9 Å². The zero-order chi connectivity index (χ0) is 19.2. The molecule has 0 spiro atoms. The van der Waals surface area contributed by atoms with Gasteiger partial charge >= 0.3 is 0 Å². The van der Waals surface area contributed by atoms with E-state index >= 15 is 0 Å². The molecule has 0 saturated carbocycles. The molecule has 26 heavy (non-hydrogen) atoms. The topological polar surface area (TPSA) is 63.6 Å². The normalized spacial score (nSPS) is 28.2. The second-order valence-electron chi connectivity index (χ2n) is 7.02. The smallest absolute Gasteiger partial charge is 0.171 e. The molecule has 0 bridgehead atoms. The van der Waals surface area contributed by atoms with Gasteiger partial charge in [0.1, 0.15) is 0 Å². The monoisotopic (exact) mass is 464 g/mol. The number of aromatic hydroxyl groups is 1. The lowest BCUT2D eigenvalue weighted by Crippen LogP contribution is -2.49. The molecule has 0 fully saturated rings. The Morgan fingerprint density at radius 2 is 2.08 bits per heavy atom. The van der Waals surface area contributed by atoms with Gasteiger partial charge in [0.05, 0.1) is 16.1 Å². The summed E-state index contributed by atoms with van der Waals surface area (Å²) in [5.74, 6) is -0.328. The van der Waals surface area contributed by atoms with Crippen molar-refractivity contribution in [2.24, 2.45) is 11.3 Å². The van der Waals surface area contributed by atoms with E-state index in [0.717, 1.165) is 11.1 Å². The Labute approximate surface area is 166 Å². The molecule has 0 radical (unpaired) electrons. The Morgan fingerprint density at radius 3 is 2.69 bits per heavy atom. The highest BCUT2D eigenvalue weighted by molar-refractivity contribution is 14.1. The van der Waals surface area contributed by atoms with E-state index in [0.29, 0.717) is 21.3 Å². The van der Waals surface area contributed by atoms with Crippen LogP contribution in [0.4, 0.5) is 0 Å². The zero-order valence-corrected chi connectivity index (χ0v) is 17.2. The average Bonchev–Trinajstić information content (AvgIpc) is 2.61. The van der Waals surface area contributed by atoms with E-state index in [9.17, 15) is 14.7 Å². The van der Waals surface area contributed by atoms with Gasteiger partial charge in [0.15, 0.2) is 23.1 Å². The number of ketones is 2. The Balaban J connectivity index is 2.27. The number of ether oxygens (including phenoxy) is 1. The van der Waals surface area contributed by atoms with E-state index in [1.165, 1.54) is 13.2 Å². The first-order valence-electron chi connectivity index (χ1n) is 8.41. The van der Waals surface area contributed by atoms with Crippen LogP contribution in [0.15, 0.2) is 48.1 Å². The van der Waals surface area contributed by atoms with E-state index in [1.54, 1.807) is 19.1 Å². The number of halogens is 1. The first-order valence-corrected chi connectivity index (χ1v) is 9.49. The molecule has 0 amide bonds. The number of Topliss-reactive ketones (excluding diaryl/α,β-unsaturated/α-hetero) is 1. The number of carbonyl (C=O) groups excluding carboxylic acids is 2. The summed E-state index contributed by atoms with van der Waals surface area (Å²) in [5.41, 5.74) is 1.35. The number of phenols is 1. The van der Waals surface area contributed by atoms with Crippen molar-refractivity contribution in [3.8, 4) is 11.5 Å². The molecular formula is C21H21IO4. The summed E-state index contributed by atoms with van der Waals surface area (Å²) in [6.07, 6.45) is 5.74. The molecule has 2 aliphatic carbocycles. The van der Waals surface area contributed by atoms with Crippen LogP contribution in [0.3, 0.4) is 0 Å². The molecule has 1 aromatic carbocycles. The highest BCUT2D eigenvalue weighted by atomic mass is 127. The molecule has 0 saturated heterocycles. The molecule has 3 rings (SSSR count). The number of fused-ring (bicyclic) bond motifs is 1. The quantitative estimate of drug-likeness (QED) is 0.677. The Morgan fingerprint density at radius 1 is 1.38 bits per heavy atom. The summed E-state index contributed by atoms with van der Waals surface area (Å²) in [6, 6.07) is 3.60. The van der Waals surface area contributed by atoms with E-state index in [-0.39, 0.29) is 23.2 Å². The van der Waals surface area contributed by atoms with Crippen LogP contribution in [-0.2, 0) is 9.59 Å². The van der Waals surface area contributed by atoms with Gasteiger partial charge in [-0.25, -0.2) is 0 Å². The van der Waals surface area contributed by atoms with Crippen LogP contribution in [0.5, 0.6) is 11.5 Å². The van der Waals surface area contributed by atoms with Crippen LogP contribution < -0.4 is 4.74 Å². The summed E-state index contributed by atoms with van der Waals surface area (Å²) in [5, 5.41) is 10.2. The van der Waals surface area contributed by atoms with Crippen LogP contribution >= 0.6 is 22.6 Å². The first kappa shape index (κ1) is 18.9. The van der Waals surface area contributed by atoms with Crippen molar-refractivity contribution in [3.63, 3.8) is 0 Å². The van der Waals surface area contributed by atoms with E-state index in [1.807, 2.05) is 41.7 Å². The fourth-order valence-electron chi connectivity index (χ4n) is 4.33. The highest BCUT2D eigenvalue weighted by Crippen LogP contribution is 2.55. The minimum Gasteiger partial charge on any atom is -0.504 e. The van der Waals surface area contributed by atoms with Crippen molar-refractivity contribution < 1.29 is 19.4 Å². The van der Waals surface area contributed by atoms with Crippen molar-refractivity contribution in [3.05, 3.63) is 57.2 Å². The number of phenolic OH excluding ortho intramolecular Hbond substituents is 1. The Bertz CT molecular complexity index is 880. The molecule has 0 heterocycles. The third kappa shape index (κ3) is 2.64. The summed E-state index contributed by atoms with van der Waals surface area (Å²) < 4.78 is 5.93. The largest absolute Gasteiger partial charge is 0.504 e. The third-order valence-corrected chi connectivity index (χ3v) is 6.46. The van der Waals surface area contributed by atoms with Crippen LogP contribution in [0.2, 0.25) is 0 Å². The third-order valence-electron chi connectivity index (χ3n) is 5.64. The zero-order valence-electron chi connectivity index (χ0n) is 15.0. The molecule has 2 aliphatic rings. The summed E-state index contributed by atoms with van der Waals surface area (Å²) in [6.45, 7) is 7.49. The van der Waals surface area contributed by atoms with Crippen LogP contribution in [0.25, 0.3) is 0 Å². The van der Waals surface area contributed by atoms with E-state index in [2.05, 4.69) is 6.58 Å². The summed E-state index contributed by atoms with van der Waals surface area (Å²) in [7, 11) is 1.49. The number of carbonyl (C=O) groups is 2. The lowest BCUT2D eigenvalue weighted by molar-refractivity contribution is -0.137. The first-order chi connectivity index (χ1) is 12.2. The second kappa shape index (κ2) is 6.68. The van der Waals surface area contributed by atoms with Crippen LogP contribution in [0, 0.1) is 14.9 Å². The van der Waals surface area contributed by atoms with Crippen LogP contribution in [0.1, 0.15) is 31.7 Å². The number of methoxy groups -OCH3 is 1. The molecular weight excluding hydrogens is 443 g/mol. The molecule has 1 aromatic rings.